The maximum Gasteiger partial charge on any atom is 0.155 e. The van der Waals surface area contributed by atoms with Crippen LogP contribution in [-0.2, 0) is 0 Å². The molecule has 4 aliphatic rings. The van der Waals surface area contributed by atoms with E-state index in [0.717, 1.165) is 22.9 Å². The fraction of sp³-hybridized carbons (Fsp3) is 0.583. The highest BCUT2D eigenvalue weighted by Gasteiger charge is 2.57. The third-order valence-electron chi connectivity index (χ3n) is 4.65. The minimum absolute atomic E-state index is 0.0722. The number of nitrogens with two attached hydrogens (primary N) is 2. The number of aliphatic imine (C=N–C) groups is 1. The predicted molar refractivity (Wildman–Crippen MR) is 81.5 cm³/mol. The quantitative estimate of drug-likeness (QED) is 0.693. The van der Waals surface area contributed by atoms with Gasteiger partial charge >= 0.3 is 0 Å². The van der Waals surface area contributed by atoms with Gasteiger partial charge in [0, 0.05) is 23.4 Å². The van der Waals surface area contributed by atoms with Crippen molar-refractivity contribution < 1.29 is 0 Å². The predicted octanol–water partition coefficient (Wildman–Crippen LogP) is 1.22. The van der Waals surface area contributed by atoms with Gasteiger partial charge in [-0.3, -0.25) is 4.90 Å². The Kier molecular flexibility index (Phi) is 2.10. The molecular weight excluding hydrogens is 341 g/mol. The Morgan fingerprint density at radius 3 is 2.72 bits per heavy atom. The summed E-state index contributed by atoms with van der Waals surface area (Å²) in [6.45, 7) is 0. The van der Waals surface area contributed by atoms with Crippen LogP contribution in [0.5, 0.6) is 0 Å². The van der Waals surface area contributed by atoms with Crippen molar-refractivity contribution in [3.63, 3.8) is 0 Å². The number of amidine groups is 2. The van der Waals surface area contributed by atoms with Crippen LogP contribution in [-0.4, -0.2) is 25.7 Å². The normalized spacial score (nSPS) is 41.2. The SMILES string of the molecule is NC1=NC=CN2C(C34CCC(N)(CC3)C4)=NI=C12. The minimum atomic E-state index is -0.372. The molecular formula is C12H16IN5. The second-order valence-corrected chi connectivity index (χ2v) is 7.77. The number of halogens is 1. The van der Waals surface area contributed by atoms with Gasteiger partial charge in [0.15, 0.2) is 5.84 Å². The molecule has 0 saturated heterocycles. The second-order valence-electron chi connectivity index (χ2n) is 5.79. The number of hydrogen-bond acceptors (Lipinski definition) is 5. The lowest BCUT2D eigenvalue weighted by molar-refractivity contribution is 0.379. The van der Waals surface area contributed by atoms with E-state index < -0.39 is 0 Å². The topological polar surface area (TPSA) is 80.0 Å². The molecule has 0 aromatic carbocycles. The third kappa shape index (κ3) is 1.33. The smallest absolute Gasteiger partial charge is 0.155 e. The maximum atomic E-state index is 6.41. The zero-order valence-electron chi connectivity index (χ0n) is 10.1. The maximum absolute atomic E-state index is 6.41. The first kappa shape index (κ1) is 11.1. The lowest BCUT2D eigenvalue weighted by Crippen LogP contribution is -2.45. The zero-order valence-corrected chi connectivity index (χ0v) is 12.2. The molecule has 0 aromatic heterocycles. The summed E-state index contributed by atoms with van der Waals surface area (Å²) in [7, 11) is 0. The lowest BCUT2D eigenvalue weighted by atomic mass is 9.82. The van der Waals surface area contributed by atoms with E-state index >= 15 is 0 Å². The molecule has 4 rings (SSSR count). The Bertz CT molecular complexity index is 537. The van der Waals surface area contributed by atoms with Gasteiger partial charge in [0.1, 0.15) is 9.47 Å². The number of nitrogens with zero attached hydrogens (tertiary/aromatic N) is 3. The van der Waals surface area contributed by atoms with Gasteiger partial charge in [-0.2, -0.15) is 0 Å². The Morgan fingerprint density at radius 1 is 1.28 bits per heavy atom. The van der Waals surface area contributed by atoms with Crippen LogP contribution in [0.4, 0.5) is 0 Å². The van der Waals surface area contributed by atoms with Gasteiger partial charge in [-0.25, -0.2) is 8.20 Å². The highest BCUT2D eigenvalue weighted by atomic mass is 127. The molecule has 0 spiro atoms. The van der Waals surface area contributed by atoms with E-state index in [4.69, 9.17) is 14.7 Å². The van der Waals surface area contributed by atoms with Crippen LogP contribution >= 0.6 is 21.0 Å². The number of rotatable bonds is 1. The summed E-state index contributed by atoms with van der Waals surface area (Å²) < 4.78 is 6.00. The summed E-state index contributed by atoms with van der Waals surface area (Å²) in [6, 6.07) is 0. The minimum Gasteiger partial charge on any atom is -0.382 e. The van der Waals surface area contributed by atoms with Crippen LogP contribution in [0.15, 0.2) is 20.6 Å². The van der Waals surface area contributed by atoms with E-state index in [9.17, 15) is 0 Å². The molecule has 4 N–H and O–H groups in total. The van der Waals surface area contributed by atoms with Gasteiger partial charge in [0.25, 0.3) is 0 Å². The first-order chi connectivity index (χ1) is 8.62. The van der Waals surface area contributed by atoms with Crippen molar-refractivity contribution in [2.75, 3.05) is 0 Å². The summed E-state index contributed by atoms with van der Waals surface area (Å²) in [6.07, 6.45) is 9.53. The van der Waals surface area contributed by atoms with Crippen molar-refractivity contribution in [2.45, 2.75) is 37.6 Å². The van der Waals surface area contributed by atoms with Crippen LogP contribution in [0.1, 0.15) is 32.1 Å². The van der Waals surface area contributed by atoms with Crippen molar-refractivity contribution in [3.05, 3.63) is 12.4 Å². The molecule has 0 unspecified atom stereocenters. The van der Waals surface area contributed by atoms with E-state index in [1.165, 1.54) is 18.7 Å². The molecule has 0 atom stereocenters. The monoisotopic (exact) mass is 357 g/mol. The van der Waals surface area contributed by atoms with Gasteiger partial charge in [-0.1, -0.05) is 0 Å². The molecule has 2 aliphatic carbocycles. The Labute approximate surface area is 116 Å². The van der Waals surface area contributed by atoms with E-state index in [-0.39, 0.29) is 32.0 Å². The zero-order chi connectivity index (χ0) is 12.4. The number of fused-ring (bicyclic) bond motifs is 3. The van der Waals surface area contributed by atoms with Crippen molar-refractivity contribution in [2.24, 2.45) is 25.1 Å². The highest BCUT2D eigenvalue weighted by molar-refractivity contribution is 14.2. The molecule has 0 radical (unpaired) electrons. The van der Waals surface area contributed by atoms with E-state index in [1.807, 2.05) is 6.20 Å². The first-order valence-corrected chi connectivity index (χ1v) is 8.34. The second kappa shape index (κ2) is 3.41. The average molecular weight is 357 g/mol. The van der Waals surface area contributed by atoms with Gasteiger partial charge in [-0.15, -0.1) is 0 Å². The average Bonchev–Trinajstić information content (AvgIpc) is 2.99. The van der Waals surface area contributed by atoms with E-state index in [2.05, 4.69) is 9.89 Å². The van der Waals surface area contributed by atoms with Crippen molar-refractivity contribution >= 4 is 36.3 Å². The molecule has 6 heteroatoms. The first-order valence-electron chi connectivity index (χ1n) is 6.30. The van der Waals surface area contributed by atoms with Crippen LogP contribution in [0.2, 0.25) is 0 Å². The van der Waals surface area contributed by atoms with Crippen LogP contribution < -0.4 is 11.5 Å². The fourth-order valence-corrected chi connectivity index (χ4v) is 5.90. The summed E-state index contributed by atoms with van der Waals surface area (Å²) in [5, 5.41) is 0. The van der Waals surface area contributed by atoms with Crippen molar-refractivity contribution in [1.29, 1.82) is 0 Å². The van der Waals surface area contributed by atoms with Gasteiger partial charge in [0.2, 0.25) is 0 Å². The molecule has 2 heterocycles. The standard InChI is InChI=1S/C12H16IN5/c14-9-8-13-17-10(18(8)6-5-16-9)11-1-3-12(15,7-11)4-2-11/h5-6H,1-4,7,15H2,(H2,14,16). The van der Waals surface area contributed by atoms with Crippen LogP contribution in [0.25, 0.3) is 0 Å². The number of hydrogen-bond donors (Lipinski definition) is 2. The van der Waals surface area contributed by atoms with Crippen molar-refractivity contribution in [3.8, 4) is 0 Å². The van der Waals surface area contributed by atoms with E-state index in [0.29, 0.717) is 5.84 Å². The molecule has 5 nitrogen and oxygen atoms in total. The largest absolute Gasteiger partial charge is 0.382 e. The lowest BCUT2D eigenvalue weighted by Gasteiger charge is -2.33. The Balaban J connectivity index is 1.70. The summed E-state index contributed by atoms with van der Waals surface area (Å²) in [5.74, 6) is 1.87. The fourth-order valence-electron chi connectivity index (χ4n) is 3.69. The molecule has 18 heavy (non-hydrogen) atoms. The summed E-state index contributed by atoms with van der Waals surface area (Å²) in [4.78, 5) is 6.37. The molecule has 0 amide bonds. The van der Waals surface area contributed by atoms with Crippen molar-refractivity contribution in [1.82, 2.24) is 4.90 Å². The van der Waals surface area contributed by atoms with Gasteiger partial charge in [0.05, 0.1) is 21.0 Å². The molecule has 2 fully saturated rings. The molecule has 96 valence electrons. The molecule has 2 aliphatic heterocycles. The summed E-state index contributed by atoms with van der Waals surface area (Å²) >= 11 is -0.372. The Morgan fingerprint density at radius 2 is 2.06 bits per heavy atom. The highest BCUT2D eigenvalue weighted by Crippen LogP contribution is 2.57. The third-order valence-corrected chi connectivity index (χ3v) is 6.88. The van der Waals surface area contributed by atoms with Crippen LogP contribution in [0, 0.1) is 5.41 Å². The molecule has 2 saturated carbocycles. The summed E-state index contributed by atoms with van der Waals surface area (Å²) in [5.41, 5.74) is 12.7. The van der Waals surface area contributed by atoms with Crippen LogP contribution in [0.3, 0.4) is 0 Å². The van der Waals surface area contributed by atoms with Gasteiger partial charge < -0.3 is 11.5 Å². The molecule has 2 bridgehead atoms. The molecule has 0 aromatic rings. The van der Waals surface area contributed by atoms with Gasteiger partial charge in [-0.05, 0) is 32.1 Å². The Hall–Kier alpha value is -0.760. The van der Waals surface area contributed by atoms with E-state index in [1.54, 1.807) is 6.20 Å².